The monoisotopic (exact) mass is 352 g/mol. The van der Waals surface area contributed by atoms with Gasteiger partial charge in [-0.3, -0.25) is 0 Å². The second-order valence-electron chi connectivity index (χ2n) is 0. The summed E-state index contributed by atoms with van der Waals surface area (Å²) >= 11 is 0. The Hall–Kier alpha value is -0.988. The largest absolute Gasteiger partial charge is 0.358 e. The molecule has 1 radical (unpaired) electrons. The molecule has 0 saturated heterocycles. The Morgan fingerprint density at radius 1 is 0.417 bits per heavy atom. The smallest absolute Gasteiger partial charge is 0.106 e. The van der Waals surface area contributed by atoms with Gasteiger partial charge in [0.2, 0.25) is 0 Å². The Morgan fingerprint density at radius 2 is 0.417 bits per heavy atom. The normalized spacial score (nSPS) is 1.67. The molecule has 0 saturated carbocycles. The summed E-state index contributed by atoms with van der Waals surface area (Å²) in [6, 6.07) is 0. The van der Waals surface area contributed by atoms with Gasteiger partial charge >= 0.3 is 0 Å². The van der Waals surface area contributed by atoms with Crippen molar-refractivity contribution in [3.05, 3.63) is 7.43 Å². The molecule has 0 fully saturated rings. The number of hydrogen-bond donors (Lipinski definition) is 0. The Morgan fingerprint density at radius 3 is 0.417 bits per heavy atom. The molecular formula is C6H13O5Re-. The van der Waals surface area contributed by atoms with Crippen molar-refractivity contribution in [1.82, 2.24) is 0 Å². The van der Waals surface area contributed by atoms with E-state index < -0.39 is 0 Å². The molecule has 0 aromatic heterocycles. The molecule has 0 aromatic rings. The van der Waals surface area contributed by atoms with Gasteiger partial charge < -0.3 is 31.4 Å². The Kier molecular flexibility index (Phi) is 4760. The van der Waals surface area contributed by atoms with Gasteiger partial charge in [-0.2, -0.15) is 0 Å². The molecule has 0 heterocycles. The molecule has 0 amide bonds. The third-order valence-corrected chi connectivity index (χ3v) is 0. The quantitative estimate of drug-likeness (QED) is 0.551. The van der Waals surface area contributed by atoms with Crippen LogP contribution in [-0.2, 0) is 44.4 Å². The Labute approximate surface area is 86.2 Å². The molecule has 12 heavy (non-hydrogen) atoms. The zero-order chi connectivity index (χ0) is 10.0. The van der Waals surface area contributed by atoms with Gasteiger partial charge in [0.25, 0.3) is 0 Å². The molecule has 0 spiro atoms. The minimum Gasteiger partial charge on any atom is -0.358 e. The molecule has 0 aromatic carbocycles. The summed E-state index contributed by atoms with van der Waals surface area (Å²) in [6.45, 7) is 10.0. The minimum absolute atomic E-state index is 0. The molecule has 6 heteroatoms. The molecule has 0 unspecified atom stereocenters. The van der Waals surface area contributed by atoms with Gasteiger partial charge in [0, 0.05) is 20.4 Å². The van der Waals surface area contributed by atoms with E-state index in [1.165, 1.54) is 0 Å². The molecule has 5 nitrogen and oxygen atoms in total. The van der Waals surface area contributed by atoms with Crippen molar-refractivity contribution in [3.63, 3.8) is 0 Å². The van der Waals surface area contributed by atoms with Crippen LogP contribution in [0.3, 0.4) is 0 Å². The first-order valence-corrected chi connectivity index (χ1v) is 1.44. The van der Waals surface area contributed by atoms with Gasteiger partial charge in [-0.25, -0.2) is 0 Å². The average Bonchev–Trinajstić information content (AvgIpc) is 2.20. The summed E-state index contributed by atoms with van der Waals surface area (Å²) in [5, 5.41) is 0. The summed E-state index contributed by atoms with van der Waals surface area (Å²) in [7, 11) is 0. The third-order valence-electron chi connectivity index (χ3n) is 0. The van der Waals surface area contributed by atoms with E-state index in [1.54, 1.807) is 0 Å². The molecule has 0 N–H and O–H groups in total. The maximum Gasteiger partial charge on any atom is 0.106 e. The van der Waals surface area contributed by atoms with Crippen LogP contribution >= 0.6 is 0 Å². The van der Waals surface area contributed by atoms with Crippen molar-refractivity contribution in [2.75, 3.05) is 0 Å². The molecule has 0 aliphatic rings. The number of hydrogen-bond acceptors (Lipinski definition) is 5. The number of carbonyl (C=O) groups excluding carboxylic acids is 5. The first-order chi connectivity index (χ1) is 5.00. The van der Waals surface area contributed by atoms with Crippen LogP contribution in [-0.4, -0.2) is 33.9 Å². The third kappa shape index (κ3) is 593. The summed E-state index contributed by atoms with van der Waals surface area (Å²) in [6.07, 6.45) is 0. The first-order valence-electron chi connectivity index (χ1n) is 1.44. The van der Waals surface area contributed by atoms with Gasteiger partial charge in [0.1, 0.15) is 33.9 Å². The zero-order valence-electron chi connectivity index (χ0n) is 6.95. The van der Waals surface area contributed by atoms with Crippen LogP contribution in [0.1, 0.15) is 0 Å². The summed E-state index contributed by atoms with van der Waals surface area (Å²) < 4.78 is 0. The maximum atomic E-state index is 8.00. The predicted octanol–water partition coefficient (Wildman–Crippen LogP) is -0.477. The fourth-order valence-corrected chi connectivity index (χ4v) is 0. The van der Waals surface area contributed by atoms with Crippen molar-refractivity contribution in [2.24, 2.45) is 0 Å². The van der Waals surface area contributed by atoms with Crippen LogP contribution in [0, 0.1) is 7.43 Å². The van der Waals surface area contributed by atoms with E-state index in [1.807, 2.05) is 33.9 Å². The van der Waals surface area contributed by atoms with Gasteiger partial charge in [0.05, 0.1) is 0 Å². The second-order valence-corrected chi connectivity index (χ2v) is 0. The molecule has 0 aliphatic heterocycles. The fraction of sp³-hybridized carbons (Fsp3) is 0. The van der Waals surface area contributed by atoms with E-state index >= 15 is 0 Å². The van der Waals surface area contributed by atoms with E-state index in [-0.39, 0.29) is 27.8 Å². The molecule has 75 valence electrons. The van der Waals surface area contributed by atoms with Gasteiger partial charge in [-0.1, -0.05) is 0 Å². The summed E-state index contributed by atoms with van der Waals surface area (Å²) in [4.78, 5) is 40.0. The van der Waals surface area contributed by atoms with E-state index in [0.29, 0.717) is 0 Å². The van der Waals surface area contributed by atoms with Crippen LogP contribution in [0.5, 0.6) is 0 Å². The molecule has 0 bridgehead atoms. The molecule has 0 rings (SSSR count). The fourth-order valence-electron chi connectivity index (χ4n) is 0. The number of rotatable bonds is 0. The van der Waals surface area contributed by atoms with E-state index in [4.69, 9.17) is 24.0 Å². The standard InChI is InChI=1S/5CH2O.CH3.Re/c5*1-2;;/h5*1H2;1H3;/q;;;;;-1;. The van der Waals surface area contributed by atoms with Crippen LogP contribution in [0.2, 0.25) is 0 Å². The van der Waals surface area contributed by atoms with Crippen molar-refractivity contribution >= 4 is 33.9 Å². The molecule has 0 aliphatic carbocycles. The van der Waals surface area contributed by atoms with Crippen molar-refractivity contribution in [1.29, 1.82) is 0 Å². The summed E-state index contributed by atoms with van der Waals surface area (Å²) in [5.41, 5.74) is 0. The van der Waals surface area contributed by atoms with E-state index in [0.717, 1.165) is 0 Å². The Bertz CT molecular complexity index is 27.5. The van der Waals surface area contributed by atoms with Crippen molar-refractivity contribution < 1.29 is 44.4 Å². The second kappa shape index (κ2) is 834. The van der Waals surface area contributed by atoms with Gasteiger partial charge in [-0.15, -0.1) is 0 Å². The SMILES string of the molecule is C=O.C=O.C=O.C=O.C=O.[CH3-].[Re]. The van der Waals surface area contributed by atoms with E-state index in [2.05, 4.69) is 0 Å². The van der Waals surface area contributed by atoms with Crippen LogP contribution < -0.4 is 0 Å². The van der Waals surface area contributed by atoms with Crippen LogP contribution in [0.15, 0.2) is 0 Å². The van der Waals surface area contributed by atoms with Gasteiger partial charge in [0.15, 0.2) is 0 Å². The van der Waals surface area contributed by atoms with Crippen LogP contribution in [0.25, 0.3) is 0 Å². The zero-order valence-corrected chi connectivity index (χ0v) is 9.67. The van der Waals surface area contributed by atoms with Gasteiger partial charge in [-0.05, 0) is 0 Å². The average molecular weight is 351 g/mol. The topological polar surface area (TPSA) is 85.3 Å². The molecular weight excluding hydrogens is 338 g/mol. The van der Waals surface area contributed by atoms with Crippen molar-refractivity contribution in [2.45, 2.75) is 0 Å². The predicted molar refractivity (Wildman–Crippen MR) is 42.0 cm³/mol. The van der Waals surface area contributed by atoms with Crippen molar-refractivity contribution in [3.8, 4) is 0 Å². The number of carbonyl (C=O) groups is 5. The minimum atomic E-state index is 0. The van der Waals surface area contributed by atoms with Crippen LogP contribution in [0.4, 0.5) is 0 Å². The first kappa shape index (κ1) is 68.6. The molecule has 0 atom stereocenters. The van der Waals surface area contributed by atoms with E-state index in [9.17, 15) is 0 Å². The summed E-state index contributed by atoms with van der Waals surface area (Å²) in [5.74, 6) is 0. The maximum absolute atomic E-state index is 8.00. The Balaban J connectivity index is -0.00000000500.